The number of ketones is 1. The third kappa shape index (κ3) is 1.42. The maximum Gasteiger partial charge on any atom is 0.183 e. The number of Topliss-reactive ketones (excluding diaryl/α,β-unsaturated/α-hetero) is 1. The summed E-state index contributed by atoms with van der Waals surface area (Å²) in [6, 6.07) is 4.50. The summed E-state index contributed by atoms with van der Waals surface area (Å²) in [6.45, 7) is 0.315. The molecule has 1 heterocycles. The Balaban J connectivity index is 2.50. The molecule has 0 aliphatic carbocycles. The monoisotopic (exact) mass is 242 g/mol. The van der Waals surface area contributed by atoms with Crippen molar-refractivity contribution in [3.63, 3.8) is 0 Å². The second-order valence-electron chi connectivity index (χ2n) is 2.82. The van der Waals surface area contributed by atoms with Crippen LogP contribution in [0.1, 0.15) is 10.4 Å². The molecule has 3 nitrogen and oxygen atoms in total. The lowest BCUT2D eigenvalue weighted by Gasteiger charge is -2.19. The van der Waals surface area contributed by atoms with Gasteiger partial charge in [0, 0.05) is 6.07 Å². The number of benzene rings is 1. The number of phenols is 1. The summed E-state index contributed by atoms with van der Waals surface area (Å²) in [6.07, 6.45) is 0. The fraction of sp³-hybridized carbons (Fsp3) is 0.222. The molecule has 0 saturated carbocycles. The molecule has 1 aromatic carbocycles. The fourth-order valence-electron chi connectivity index (χ4n) is 1.24. The van der Waals surface area contributed by atoms with E-state index in [4.69, 9.17) is 9.84 Å². The van der Waals surface area contributed by atoms with E-state index in [1.807, 2.05) is 0 Å². The average Bonchev–Trinajstić information content (AvgIpc) is 2.12. The number of ether oxygens (including phenoxy) is 1. The van der Waals surface area contributed by atoms with Crippen LogP contribution in [0.5, 0.6) is 11.5 Å². The van der Waals surface area contributed by atoms with E-state index in [1.165, 1.54) is 12.1 Å². The molecule has 2 rings (SSSR count). The van der Waals surface area contributed by atoms with Gasteiger partial charge in [-0.2, -0.15) is 0 Å². The minimum absolute atomic E-state index is 0.00116. The van der Waals surface area contributed by atoms with E-state index in [9.17, 15) is 4.79 Å². The Morgan fingerprint density at radius 1 is 1.54 bits per heavy atom. The largest absolute Gasteiger partial charge is 0.508 e. The van der Waals surface area contributed by atoms with Crippen LogP contribution in [0, 0.1) is 0 Å². The molecule has 4 heteroatoms. The SMILES string of the molecule is O=C1c2ccc(O)cc2OC[C@H]1Br. The number of rotatable bonds is 0. The van der Waals surface area contributed by atoms with Crippen LogP contribution in [-0.4, -0.2) is 22.3 Å². The lowest BCUT2D eigenvalue weighted by molar-refractivity contribution is 0.0946. The molecule has 1 N–H and O–H groups in total. The lowest BCUT2D eigenvalue weighted by atomic mass is 10.1. The topological polar surface area (TPSA) is 46.5 Å². The van der Waals surface area contributed by atoms with Crippen LogP contribution >= 0.6 is 15.9 Å². The maximum atomic E-state index is 11.5. The van der Waals surface area contributed by atoms with E-state index in [0.29, 0.717) is 17.9 Å². The van der Waals surface area contributed by atoms with Crippen LogP contribution in [0.3, 0.4) is 0 Å². The summed E-state index contributed by atoms with van der Waals surface area (Å²) in [5, 5.41) is 9.14. The third-order valence-corrected chi connectivity index (χ3v) is 2.58. The van der Waals surface area contributed by atoms with Gasteiger partial charge in [-0.25, -0.2) is 0 Å². The number of alkyl halides is 1. The summed E-state index contributed by atoms with van der Waals surface area (Å²) in [7, 11) is 0. The van der Waals surface area contributed by atoms with Gasteiger partial charge in [-0.1, -0.05) is 15.9 Å². The van der Waals surface area contributed by atoms with Crippen molar-refractivity contribution in [2.75, 3.05) is 6.61 Å². The molecule has 68 valence electrons. The first-order chi connectivity index (χ1) is 6.18. The van der Waals surface area contributed by atoms with Crippen molar-refractivity contribution < 1.29 is 14.6 Å². The Labute approximate surface area is 83.5 Å². The van der Waals surface area contributed by atoms with E-state index >= 15 is 0 Å². The van der Waals surface area contributed by atoms with Crippen molar-refractivity contribution in [2.45, 2.75) is 4.83 Å². The number of phenolic OH excluding ortho intramolecular Hbond substituents is 1. The highest BCUT2D eigenvalue weighted by Gasteiger charge is 2.26. The number of halogens is 1. The molecule has 0 amide bonds. The first kappa shape index (κ1) is 8.56. The molecule has 0 saturated heterocycles. The number of carbonyl (C=O) groups excluding carboxylic acids is 1. The summed E-state index contributed by atoms with van der Waals surface area (Å²) in [4.78, 5) is 11.2. The summed E-state index contributed by atoms with van der Waals surface area (Å²) in [5.41, 5.74) is 0.519. The summed E-state index contributed by atoms with van der Waals surface area (Å²) in [5.74, 6) is 0.571. The van der Waals surface area contributed by atoms with Gasteiger partial charge in [-0.15, -0.1) is 0 Å². The normalized spacial score (nSPS) is 20.7. The van der Waals surface area contributed by atoms with Crippen molar-refractivity contribution in [3.05, 3.63) is 23.8 Å². The minimum atomic E-state index is -0.274. The maximum absolute atomic E-state index is 11.5. The molecule has 0 fully saturated rings. The lowest BCUT2D eigenvalue weighted by Crippen LogP contribution is -2.27. The molecule has 1 aliphatic heterocycles. The Morgan fingerprint density at radius 3 is 3.08 bits per heavy atom. The molecule has 1 aromatic rings. The zero-order valence-corrected chi connectivity index (χ0v) is 8.24. The second-order valence-corrected chi connectivity index (χ2v) is 3.93. The van der Waals surface area contributed by atoms with Gasteiger partial charge in [0.25, 0.3) is 0 Å². The third-order valence-electron chi connectivity index (χ3n) is 1.90. The summed E-state index contributed by atoms with van der Waals surface area (Å²) < 4.78 is 5.26. The van der Waals surface area contributed by atoms with E-state index < -0.39 is 0 Å². The molecule has 13 heavy (non-hydrogen) atoms. The number of aromatic hydroxyl groups is 1. The van der Waals surface area contributed by atoms with Gasteiger partial charge in [0.1, 0.15) is 22.9 Å². The molecular formula is C9H7BrO3. The second kappa shape index (κ2) is 3.03. The minimum Gasteiger partial charge on any atom is -0.508 e. The van der Waals surface area contributed by atoms with Crippen molar-refractivity contribution in [3.8, 4) is 11.5 Å². The number of hydrogen-bond acceptors (Lipinski definition) is 3. The van der Waals surface area contributed by atoms with Crippen molar-refractivity contribution in [1.29, 1.82) is 0 Å². The van der Waals surface area contributed by atoms with Crippen LogP contribution in [-0.2, 0) is 0 Å². The van der Waals surface area contributed by atoms with Gasteiger partial charge < -0.3 is 9.84 Å². The van der Waals surface area contributed by atoms with E-state index in [-0.39, 0.29) is 16.4 Å². The molecule has 0 radical (unpaired) electrons. The fourth-order valence-corrected chi connectivity index (χ4v) is 1.62. The molecule has 0 bridgehead atoms. The van der Waals surface area contributed by atoms with Crippen LogP contribution < -0.4 is 4.74 Å². The van der Waals surface area contributed by atoms with Gasteiger partial charge in [0.05, 0.1) is 5.56 Å². The van der Waals surface area contributed by atoms with Crippen molar-refractivity contribution in [2.24, 2.45) is 0 Å². The smallest absolute Gasteiger partial charge is 0.183 e. The van der Waals surface area contributed by atoms with E-state index in [1.54, 1.807) is 6.07 Å². The van der Waals surface area contributed by atoms with Crippen LogP contribution in [0.25, 0.3) is 0 Å². The Morgan fingerprint density at radius 2 is 2.31 bits per heavy atom. The molecule has 1 aliphatic rings. The quantitative estimate of drug-likeness (QED) is 0.706. The number of carbonyl (C=O) groups is 1. The average molecular weight is 243 g/mol. The summed E-state index contributed by atoms with van der Waals surface area (Å²) >= 11 is 3.20. The van der Waals surface area contributed by atoms with Gasteiger partial charge in [-0.3, -0.25) is 4.79 Å². The Kier molecular flexibility index (Phi) is 2.00. The predicted molar refractivity (Wildman–Crippen MR) is 50.6 cm³/mol. The molecule has 0 spiro atoms. The number of fused-ring (bicyclic) bond motifs is 1. The van der Waals surface area contributed by atoms with Gasteiger partial charge in [0.15, 0.2) is 5.78 Å². The Hall–Kier alpha value is -1.03. The molecule has 1 atom stereocenters. The van der Waals surface area contributed by atoms with Crippen LogP contribution in [0.2, 0.25) is 0 Å². The van der Waals surface area contributed by atoms with E-state index in [2.05, 4.69) is 15.9 Å². The van der Waals surface area contributed by atoms with Crippen molar-refractivity contribution >= 4 is 21.7 Å². The highest BCUT2D eigenvalue weighted by molar-refractivity contribution is 9.10. The first-order valence-electron chi connectivity index (χ1n) is 3.82. The van der Waals surface area contributed by atoms with Crippen molar-refractivity contribution in [1.82, 2.24) is 0 Å². The molecule has 0 unspecified atom stereocenters. The standard InChI is InChI=1S/C9H7BrO3/c10-7-4-13-8-3-5(11)1-2-6(8)9(7)12/h1-3,7,11H,4H2/t7-/m1/s1. The van der Waals surface area contributed by atoms with Gasteiger partial charge in [0.2, 0.25) is 0 Å². The predicted octanol–water partition coefficient (Wildman–Crippen LogP) is 1.73. The van der Waals surface area contributed by atoms with Crippen LogP contribution in [0.4, 0.5) is 0 Å². The highest BCUT2D eigenvalue weighted by Crippen LogP contribution is 2.30. The first-order valence-corrected chi connectivity index (χ1v) is 4.74. The highest BCUT2D eigenvalue weighted by atomic mass is 79.9. The van der Waals surface area contributed by atoms with Gasteiger partial charge >= 0.3 is 0 Å². The molecular weight excluding hydrogens is 236 g/mol. The number of hydrogen-bond donors (Lipinski definition) is 1. The van der Waals surface area contributed by atoms with Gasteiger partial charge in [-0.05, 0) is 12.1 Å². The Bertz CT molecular complexity index is 362. The zero-order chi connectivity index (χ0) is 9.42. The molecule has 0 aromatic heterocycles. The van der Waals surface area contributed by atoms with E-state index in [0.717, 1.165) is 0 Å². The van der Waals surface area contributed by atoms with Crippen LogP contribution in [0.15, 0.2) is 18.2 Å². The zero-order valence-electron chi connectivity index (χ0n) is 6.66.